The first kappa shape index (κ1) is 25.4. The Morgan fingerprint density at radius 2 is 1.61 bits per heavy atom. The third kappa shape index (κ3) is 5.73. The maximum absolute atomic E-state index is 12.9. The van der Waals surface area contributed by atoms with Crippen LogP contribution in [0.25, 0.3) is 17.1 Å². The minimum atomic E-state index is -0.336. The van der Waals surface area contributed by atoms with Crippen molar-refractivity contribution in [2.75, 3.05) is 52.8 Å². The zero-order valence-electron chi connectivity index (χ0n) is 20.5. The average molecular weight is 512 g/mol. The van der Waals surface area contributed by atoms with E-state index in [0.29, 0.717) is 49.5 Å². The van der Waals surface area contributed by atoms with Crippen molar-refractivity contribution in [2.45, 2.75) is 12.1 Å². The van der Waals surface area contributed by atoms with Crippen LogP contribution in [0.2, 0.25) is 0 Å². The maximum atomic E-state index is 12.9. The van der Waals surface area contributed by atoms with Crippen molar-refractivity contribution < 1.29 is 23.8 Å². The van der Waals surface area contributed by atoms with E-state index < -0.39 is 0 Å². The fraction of sp³-hybridized carbons (Fsp3) is 0.360. The molecule has 1 aromatic heterocycles. The maximum Gasteiger partial charge on any atom is 0.409 e. The molecule has 0 aliphatic carbocycles. The highest BCUT2D eigenvalue weighted by Gasteiger charge is 2.26. The molecule has 3 aromatic rings. The van der Waals surface area contributed by atoms with Crippen LogP contribution < -0.4 is 9.47 Å². The van der Waals surface area contributed by atoms with E-state index in [-0.39, 0.29) is 17.8 Å². The Morgan fingerprint density at radius 3 is 2.28 bits per heavy atom. The second-order valence-electron chi connectivity index (χ2n) is 7.93. The summed E-state index contributed by atoms with van der Waals surface area (Å²) < 4.78 is 17.7. The van der Waals surface area contributed by atoms with Crippen molar-refractivity contribution in [1.29, 1.82) is 0 Å². The molecule has 4 rings (SSSR count). The molecular formula is C25H29N5O5S. The van der Waals surface area contributed by atoms with Gasteiger partial charge in [-0.3, -0.25) is 9.36 Å². The summed E-state index contributed by atoms with van der Waals surface area (Å²) in [4.78, 5) is 28.3. The first-order valence-electron chi connectivity index (χ1n) is 11.6. The van der Waals surface area contributed by atoms with Gasteiger partial charge in [-0.2, -0.15) is 0 Å². The van der Waals surface area contributed by atoms with Gasteiger partial charge in [0, 0.05) is 37.4 Å². The highest BCUT2D eigenvalue weighted by Crippen LogP contribution is 2.30. The largest absolute Gasteiger partial charge is 0.497 e. The van der Waals surface area contributed by atoms with E-state index in [9.17, 15) is 9.59 Å². The molecule has 0 N–H and O–H groups in total. The van der Waals surface area contributed by atoms with Gasteiger partial charge in [-0.05, 0) is 43.3 Å². The Hall–Kier alpha value is -3.73. The lowest BCUT2D eigenvalue weighted by Gasteiger charge is -2.34. The highest BCUT2D eigenvalue weighted by molar-refractivity contribution is 7.99. The Kier molecular flexibility index (Phi) is 8.32. The first-order chi connectivity index (χ1) is 17.5. The minimum Gasteiger partial charge on any atom is -0.497 e. The van der Waals surface area contributed by atoms with Gasteiger partial charge in [-0.25, -0.2) is 4.79 Å². The third-order valence-corrected chi connectivity index (χ3v) is 6.69. The average Bonchev–Trinajstić information content (AvgIpc) is 3.36. The smallest absolute Gasteiger partial charge is 0.409 e. The summed E-state index contributed by atoms with van der Waals surface area (Å²) in [5.41, 5.74) is 1.68. The van der Waals surface area contributed by atoms with Crippen LogP contribution in [0.15, 0.2) is 53.7 Å². The summed E-state index contributed by atoms with van der Waals surface area (Å²) in [5.74, 6) is 2.27. The van der Waals surface area contributed by atoms with Gasteiger partial charge in [0.2, 0.25) is 5.91 Å². The number of thioether (sulfide) groups is 1. The quantitative estimate of drug-likeness (QED) is 0.425. The molecule has 10 nitrogen and oxygen atoms in total. The van der Waals surface area contributed by atoms with Gasteiger partial charge in [-0.1, -0.05) is 23.9 Å². The molecule has 0 radical (unpaired) electrons. The van der Waals surface area contributed by atoms with Crippen molar-refractivity contribution in [3.05, 3.63) is 48.5 Å². The summed E-state index contributed by atoms with van der Waals surface area (Å²) in [6.07, 6.45) is -0.336. The van der Waals surface area contributed by atoms with Crippen LogP contribution in [-0.2, 0) is 9.53 Å². The number of nitrogens with zero attached hydrogens (tertiary/aromatic N) is 5. The minimum absolute atomic E-state index is 0.0179. The van der Waals surface area contributed by atoms with Gasteiger partial charge in [0.1, 0.15) is 11.5 Å². The molecule has 0 bridgehead atoms. The van der Waals surface area contributed by atoms with E-state index in [1.165, 1.54) is 11.8 Å². The Morgan fingerprint density at radius 1 is 0.917 bits per heavy atom. The molecule has 0 spiro atoms. The summed E-state index contributed by atoms with van der Waals surface area (Å²) in [6.45, 7) is 3.96. The Labute approximate surface area is 214 Å². The number of aromatic nitrogens is 3. The number of methoxy groups -OCH3 is 2. The van der Waals surface area contributed by atoms with E-state index in [1.54, 1.807) is 30.9 Å². The molecule has 190 valence electrons. The second kappa shape index (κ2) is 11.8. The molecule has 2 heterocycles. The molecule has 1 aliphatic heterocycles. The molecule has 0 atom stereocenters. The number of hydrogen-bond donors (Lipinski definition) is 0. The summed E-state index contributed by atoms with van der Waals surface area (Å²) in [6, 6.07) is 15.2. The van der Waals surface area contributed by atoms with E-state index >= 15 is 0 Å². The molecule has 0 saturated carbocycles. The molecule has 36 heavy (non-hydrogen) atoms. The number of carbonyl (C=O) groups is 2. The topological polar surface area (TPSA) is 99.0 Å². The standard InChI is InChI=1S/C25H29N5O5S/c1-4-35-25(32)29-14-12-28(13-15-29)22(31)17-36-24-27-26-23(18-6-5-7-21(16-18)34-3)30(24)19-8-10-20(33-2)11-9-19/h5-11,16H,4,12-15,17H2,1-3H3. The van der Waals surface area contributed by atoms with Gasteiger partial charge in [-0.15, -0.1) is 10.2 Å². The highest BCUT2D eigenvalue weighted by atomic mass is 32.2. The van der Waals surface area contributed by atoms with Gasteiger partial charge in [0.25, 0.3) is 0 Å². The molecule has 2 amide bonds. The van der Waals surface area contributed by atoms with Crippen LogP contribution in [0.5, 0.6) is 11.5 Å². The molecular weight excluding hydrogens is 482 g/mol. The molecule has 0 unspecified atom stereocenters. The molecule has 1 aliphatic rings. The molecule has 1 saturated heterocycles. The van der Waals surface area contributed by atoms with Crippen molar-refractivity contribution in [3.63, 3.8) is 0 Å². The number of amides is 2. The summed E-state index contributed by atoms with van der Waals surface area (Å²) in [5, 5.41) is 9.44. The number of benzene rings is 2. The van der Waals surface area contributed by atoms with Gasteiger partial charge in [0.15, 0.2) is 11.0 Å². The normalized spacial score (nSPS) is 13.4. The Balaban J connectivity index is 1.52. The van der Waals surface area contributed by atoms with E-state index in [4.69, 9.17) is 14.2 Å². The predicted molar refractivity (Wildman–Crippen MR) is 136 cm³/mol. The molecule has 11 heteroatoms. The lowest BCUT2D eigenvalue weighted by Crippen LogP contribution is -2.51. The lowest BCUT2D eigenvalue weighted by molar-refractivity contribution is -0.129. The van der Waals surface area contributed by atoms with Crippen molar-refractivity contribution in [1.82, 2.24) is 24.6 Å². The van der Waals surface area contributed by atoms with Crippen LogP contribution in [-0.4, -0.2) is 89.3 Å². The van der Waals surface area contributed by atoms with E-state index in [1.807, 2.05) is 53.1 Å². The molecule has 2 aromatic carbocycles. The monoisotopic (exact) mass is 511 g/mol. The third-order valence-electron chi connectivity index (χ3n) is 5.78. The fourth-order valence-electron chi connectivity index (χ4n) is 3.85. The van der Waals surface area contributed by atoms with Crippen molar-refractivity contribution in [3.8, 4) is 28.6 Å². The van der Waals surface area contributed by atoms with Crippen molar-refractivity contribution in [2.24, 2.45) is 0 Å². The zero-order valence-corrected chi connectivity index (χ0v) is 21.4. The van der Waals surface area contributed by atoms with E-state index in [0.717, 1.165) is 17.0 Å². The van der Waals surface area contributed by atoms with Gasteiger partial charge in [0.05, 0.1) is 26.6 Å². The van der Waals surface area contributed by atoms with Crippen molar-refractivity contribution >= 4 is 23.8 Å². The predicted octanol–water partition coefficient (Wildman–Crippen LogP) is 3.34. The number of rotatable bonds is 8. The second-order valence-corrected chi connectivity index (χ2v) is 8.87. The zero-order chi connectivity index (χ0) is 25.5. The van der Waals surface area contributed by atoms with Gasteiger partial charge >= 0.3 is 6.09 Å². The summed E-state index contributed by atoms with van der Waals surface area (Å²) >= 11 is 1.32. The number of hydrogen-bond acceptors (Lipinski definition) is 8. The van der Waals surface area contributed by atoms with Crippen LogP contribution in [0.1, 0.15) is 6.92 Å². The van der Waals surface area contributed by atoms with E-state index in [2.05, 4.69) is 10.2 Å². The van der Waals surface area contributed by atoms with Crippen LogP contribution in [0.4, 0.5) is 4.79 Å². The number of piperazine rings is 1. The SMILES string of the molecule is CCOC(=O)N1CCN(C(=O)CSc2nnc(-c3cccc(OC)c3)n2-c2ccc(OC)cc2)CC1. The van der Waals surface area contributed by atoms with Crippen LogP contribution in [0.3, 0.4) is 0 Å². The first-order valence-corrected chi connectivity index (χ1v) is 12.6. The molecule has 1 fully saturated rings. The number of ether oxygens (including phenoxy) is 3. The van der Waals surface area contributed by atoms with Gasteiger partial charge < -0.3 is 24.0 Å². The lowest BCUT2D eigenvalue weighted by atomic mass is 10.2. The summed E-state index contributed by atoms with van der Waals surface area (Å²) in [7, 11) is 3.24. The fourth-order valence-corrected chi connectivity index (χ4v) is 4.70. The van der Waals surface area contributed by atoms with Crippen LogP contribution >= 0.6 is 11.8 Å². The Bertz CT molecular complexity index is 1190. The van der Waals surface area contributed by atoms with Crippen LogP contribution in [0, 0.1) is 0 Å². The number of carbonyl (C=O) groups excluding carboxylic acids is 2.